The molecule has 0 unspecified atom stereocenters. The van der Waals surface area contributed by atoms with Crippen molar-refractivity contribution in [2.24, 2.45) is 4.99 Å². The summed E-state index contributed by atoms with van der Waals surface area (Å²) in [6.07, 6.45) is 4.33. The lowest BCUT2D eigenvalue weighted by atomic mass is 10.1. The van der Waals surface area contributed by atoms with Crippen LogP contribution in [0.3, 0.4) is 0 Å². The number of aliphatic imine (C=N–C) groups is 1. The van der Waals surface area contributed by atoms with Gasteiger partial charge in [0.2, 0.25) is 0 Å². The van der Waals surface area contributed by atoms with E-state index in [9.17, 15) is 8.42 Å². The van der Waals surface area contributed by atoms with Gasteiger partial charge in [-0.05, 0) is 56.6 Å². The minimum absolute atomic E-state index is 0.358. The number of hydrogen-bond acceptors (Lipinski definition) is 4. The van der Waals surface area contributed by atoms with Crippen molar-refractivity contribution in [2.45, 2.75) is 38.0 Å². The predicted octanol–water partition coefficient (Wildman–Crippen LogP) is 1.92. The highest BCUT2D eigenvalue weighted by atomic mass is 32.2. The molecule has 0 aliphatic heterocycles. The lowest BCUT2D eigenvalue weighted by Gasteiger charge is -2.18. The smallest absolute Gasteiger partial charge is 0.190 e. The van der Waals surface area contributed by atoms with Gasteiger partial charge < -0.3 is 15.5 Å². The molecule has 0 aromatic heterocycles. The average Bonchev–Trinajstić information content (AvgIpc) is 2.63. The van der Waals surface area contributed by atoms with E-state index in [4.69, 9.17) is 0 Å². The Labute approximate surface area is 159 Å². The van der Waals surface area contributed by atoms with Crippen molar-refractivity contribution >= 4 is 15.8 Å². The fourth-order valence-corrected chi connectivity index (χ4v) is 3.29. The normalized spacial score (nSPS) is 12.4. The quantitative estimate of drug-likeness (QED) is 0.347. The van der Waals surface area contributed by atoms with Crippen LogP contribution in [-0.4, -0.2) is 65.3 Å². The van der Waals surface area contributed by atoms with Gasteiger partial charge in [-0.2, -0.15) is 0 Å². The van der Waals surface area contributed by atoms with E-state index in [2.05, 4.69) is 34.4 Å². The van der Waals surface area contributed by atoms with Gasteiger partial charge in [0, 0.05) is 26.4 Å². The van der Waals surface area contributed by atoms with Crippen LogP contribution in [0, 0.1) is 0 Å². The maximum absolute atomic E-state index is 11.5. The van der Waals surface area contributed by atoms with Crippen molar-refractivity contribution in [2.75, 3.05) is 46.0 Å². The summed E-state index contributed by atoms with van der Waals surface area (Å²) in [5, 5.41) is 6.63. The summed E-state index contributed by atoms with van der Waals surface area (Å²) >= 11 is 0. The topological polar surface area (TPSA) is 73.8 Å². The maximum Gasteiger partial charge on any atom is 0.190 e. The summed E-state index contributed by atoms with van der Waals surface area (Å²) in [6.45, 7) is 9.41. The fourth-order valence-electron chi connectivity index (χ4n) is 2.66. The Balaban J connectivity index is 2.26. The summed E-state index contributed by atoms with van der Waals surface area (Å²) in [5.41, 5.74) is 1.10. The molecule has 6 nitrogen and oxygen atoms in total. The summed E-state index contributed by atoms with van der Waals surface area (Å²) in [4.78, 5) is 7.03. The van der Waals surface area contributed by atoms with E-state index in [1.165, 1.54) is 12.7 Å². The number of nitrogens with zero attached hydrogens (tertiary/aromatic N) is 2. The third-order valence-electron chi connectivity index (χ3n) is 4.37. The Kier molecular flexibility index (Phi) is 10.3. The van der Waals surface area contributed by atoms with Gasteiger partial charge in [0.05, 0.1) is 4.90 Å². The summed E-state index contributed by atoms with van der Waals surface area (Å²) in [5.74, 6) is 0.806. The Hall–Kier alpha value is -1.60. The zero-order valence-corrected chi connectivity index (χ0v) is 17.4. The maximum atomic E-state index is 11.5. The van der Waals surface area contributed by atoms with Crippen LogP contribution in [0.4, 0.5) is 0 Å². The van der Waals surface area contributed by atoms with Crippen LogP contribution in [0.15, 0.2) is 34.2 Å². The molecular weight excluding hydrogens is 348 g/mol. The third kappa shape index (κ3) is 8.67. The summed E-state index contributed by atoms with van der Waals surface area (Å²) in [7, 11) is -1.36. The first-order valence-corrected chi connectivity index (χ1v) is 11.3. The molecule has 0 saturated heterocycles. The molecule has 0 bridgehead atoms. The number of nitrogens with one attached hydrogen (secondary N) is 2. The van der Waals surface area contributed by atoms with Gasteiger partial charge in [-0.1, -0.05) is 26.0 Å². The van der Waals surface area contributed by atoms with Crippen molar-refractivity contribution in [1.29, 1.82) is 0 Å². The zero-order valence-electron chi connectivity index (χ0n) is 16.6. The van der Waals surface area contributed by atoms with Crippen molar-refractivity contribution < 1.29 is 8.42 Å². The standard InChI is InChI=1S/C19H34N4O2S/c1-5-23(6-2)16-8-7-14-21-19(20-3)22-15-13-17-9-11-18(12-10-17)26(4,24)25/h9-12H,5-8,13-16H2,1-4H3,(H2,20,21,22). The highest BCUT2D eigenvalue weighted by molar-refractivity contribution is 7.90. The molecule has 0 saturated carbocycles. The molecule has 1 rings (SSSR count). The van der Waals surface area contributed by atoms with Gasteiger partial charge in [-0.25, -0.2) is 8.42 Å². The predicted molar refractivity (Wildman–Crippen MR) is 110 cm³/mol. The van der Waals surface area contributed by atoms with Crippen LogP contribution in [0.1, 0.15) is 32.3 Å². The molecule has 148 valence electrons. The molecule has 2 N–H and O–H groups in total. The first-order chi connectivity index (χ1) is 12.4. The second-order valence-electron chi connectivity index (χ2n) is 6.33. The Morgan fingerprint density at radius 3 is 2.19 bits per heavy atom. The van der Waals surface area contributed by atoms with Crippen molar-refractivity contribution in [3.05, 3.63) is 29.8 Å². The van der Waals surface area contributed by atoms with Gasteiger partial charge in [-0.15, -0.1) is 0 Å². The average molecular weight is 383 g/mol. The molecule has 7 heteroatoms. The molecule has 0 aliphatic rings. The highest BCUT2D eigenvalue weighted by Crippen LogP contribution is 2.10. The molecule has 0 radical (unpaired) electrons. The molecule has 1 aromatic rings. The number of unbranched alkanes of at least 4 members (excludes halogenated alkanes) is 1. The first kappa shape index (κ1) is 22.4. The van der Waals surface area contributed by atoms with Crippen molar-refractivity contribution in [3.63, 3.8) is 0 Å². The van der Waals surface area contributed by atoms with E-state index in [1.807, 2.05) is 12.1 Å². The molecule has 26 heavy (non-hydrogen) atoms. The largest absolute Gasteiger partial charge is 0.356 e. The van der Waals surface area contributed by atoms with E-state index in [1.54, 1.807) is 19.2 Å². The Morgan fingerprint density at radius 2 is 1.65 bits per heavy atom. The minimum Gasteiger partial charge on any atom is -0.356 e. The molecule has 0 amide bonds. The molecule has 0 fully saturated rings. The number of guanidine groups is 1. The van der Waals surface area contributed by atoms with Crippen LogP contribution in [0.25, 0.3) is 0 Å². The zero-order chi connectivity index (χ0) is 19.4. The Morgan fingerprint density at radius 1 is 1.04 bits per heavy atom. The van der Waals surface area contributed by atoms with Crippen LogP contribution >= 0.6 is 0 Å². The van der Waals surface area contributed by atoms with Crippen LogP contribution in [0.5, 0.6) is 0 Å². The molecule has 0 atom stereocenters. The number of hydrogen-bond donors (Lipinski definition) is 2. The minimum atomic E-state index is -3.13. The van der Waals surface area contributed by atoms with Crippen LogP contribution in [0.2, 0.25) is 0 Å². The Bertz CT molecular complexity index is 638. The van der Waals surface area contributed by atoms with Crippen molar-refractivity contribution in [3.8, 4) is 0 Å². The number of benzene rings is 1. The van der Waals surface area contributed by atoms with Crippen LogP contribution in [-0.2, 0) is 16.3 Å². The summed E-state index contributed by atoms with van der Waals surface area (Å²) in [6, 6.07) is 7.05. The number of rotatable bonds is 11. The second kappa shape index (κ2) is 11.9. The van der Waals surface area contributed by atoms with Gasteiger partial charge in [0.15, 0.2) is 15.8 Å². The highest BCUT2D eigenvalue weighted by Gasteiger charge is 2.06. The molecule has 1 aromatic carbocycles. The molecule has 0 heterocycles. The first-order valence-electron chi connectivity index (χ1n) is 9.36. The number of sulfone groups is 1. The molecular formula is C19H34N4O2S. The van der Waals surface area contributed by atoms with Crippen LogP contribution < -0.4 is 10.6 Å². The van der Waals surface area contributed by atoms with Gasteiger partial charge in [0.25, 0.3) is 0 Å². The van der Waals surface area contributed by atoms with E-state index in [-0.39, 0.29) is 0 Å². The van der Waals surface area contributed by atoms with Gasteiger partial charge in [-0.3, -0.25) is 4.99 Å². The van der Waals surface area contributed by atoms with E-state index >= 15 is 0 Å². The lowest BCUT2D eigenvalue weighted by molar-refractivity contribution is 0.297. The SMILES string of the molecule is CCN(CC)CCCCNC(=NC)NCCc1ccc(S(C)(=O)=O)cc1. The van der Waals surface area contributed by atoms with Gasteiger partial charge in [0.1, 0.15) is 0 Å². The molecule has 0 spiro atoms. The fraction of sp³-hybridized carbons (Fsp3) is 0.632. The summed E-state index contributed by atoms with van der Waals surface area (Å²) < 4.78 is 22.9. The molecule has 0 aliphatic carbocycles. The van der Waals surface area contributed by atoms with E-state index in [0.29, 0.717) is 4.90 Å². The van der Waals surface area contributed by atoms with Crippen molar-refractivity contribution in [1.82, 2.24) is 15.5 Å². The monoisotopic (exact) mass is 382 g/mol. The van der Waals surface area contributed by atoms with E-state index < -0.39 is 9.84 Å². The van der Waals surface area contributed by atoms with E-state index in [0.717, 1.165) is 57.1 Å². The third-order valence-corrected chi connectivity index (χ3v) is 5.50. The lowest BCUT2D eigenvalue weighted by Crippen LogP contribution is -2.39. The second-order valence-corrected chi connectivity index (χ2v) is 8.34. The van der Waals surface area contributed by atoms with Gasteiger partial charge >= 0.3 is 0 Å².